The zero-order valence-corrected chi connectivity index (χ0v) is 9.60. The van der Waals surface area contributed by atoms with E-state index in [2.05, 4.69) is 4.98 Å². The minimum Gasteiger partial charge on any atom is -0.399 e. The quantitative estimate of drug-likeness (QED) is 0.657. The van der Waals surface area contributed by atoms with Crippen LogP contribution in [-0.2, 0) is 0 Å². The van der Waals surface area contributed by atoms with Crippen molar-refractivity contribution in [1.82, 2.24) is 4.98 Å². The second-order valence-corrected chi connectivity index (χ2v) is 4.15. The van der Waals surface area contributed by atoms with Gasteiger partial charge in [-0.25, -0.2) is 4.39 Å². The van der Waals surface area contributed by atoms with E-state index in [0.717, 1.165) is 16.5 Å². The van der Waals surface area contributed by atoms with E-state index in [1.54, 1.807) is 18.3 Å². The fourth-order valence-corrected chi connectivity index (χ4v) is 2.01. The summed E-state index contributed by atoms with van der Waals surface area (Å²) in [4.78, 5) is 4.24. The normalized spacial score (nSPS) is 10.7. The number of fused-ring (bicyclic) bond motifs is 1. The van der Waals surface area contributed by atoms with Crippen LogP contribution in [0, 0.1) is 5.82 Å². The number of rotatable bonds is 1. The molecular formula is C15H11FN2. The monoisotopic (exact) mass is 238 g/mol. The Morgan fingerprint density at radius 2 is 1.89 bits per heavy atom. The number of nitrogens with zero attached hydrogens (tertiary/aromatic N) is 1. The molecule has 3 heteroatoms. The number of nitrogen functional groups attached to an aromatic ring is 1. The van der Waals surface area contributed by atoms with Crippen LogP contribution in [0.1, 0.15) is 0 Å². The first-order chi connectivity index (χ1) is 8.74. The molecule has 0 aliphatic carbocycles. The van der Waals surface area contributed by atoms with Crippen LogP contribution in [-0.4, -0.2) is 4.98 Å². The van der Waals surface area contributed by atoms with Gasteiger partial charge in [0.25, 0.3) is 0 Å². The van der Waals surface area contributed by atoms with Gasteiger partial charge in [-0.15, -0.1) is 0 Å². The van der Waals surface area contributed by atoms with Crippen LogP contribution >= 0.6 is 0 Å². The van der Waals surface area contributed by atoms with E-state index in [0.29, 0.717) is 11.3 Å². The fraction of sp³-hybridized carbons (Fsp3) is 0. The summed E-state index contributed by atoms with van der Waals surface area (Å²) in [7, 11) is 0. The summed E-state index contributed by atoms with van der Waals surface area (Å²) in [5, 5.41) is 0.992. The van der Waals surface area contributed by atoms with E-state index in [9.17, 15) is 4.39 Å². The molecule has 0 aliphatic heterocycles. The van der Waals surface area contributed by atoms with Crippen LogP contribution in [0.2, 0.25) is 0 Å². The number of pyridine rings is 1. The largest absolute Gasteiger partial charge is 0.399 e. The molecule has 3 rings (SSSR count). The Morgan fingerprint density at radius 3 is 2.72 bits per heavy atom. The Balaban J connectivity index is 2.19. The molecule has 0 fully saturated rings. The first-order valence-electron chi connectivity index (χ1n) is 5.64. The standard InChI is InChI=1S/C15H11FN2/c16-14-9-12(17)4-5-13(14)10-3-6-15-11(8-10)2-1-7-18-15/h1-9H,17H2. The average molecular weight is 238 g/mol. The van der Waals surface area contributed by atoms with Gasteiger partial charge in [-0.1, -0.05) is 12.1 Å². The SMILES string of the molecule is Nc1ccc(-c2ccc3ncccc3c2)c(F)c1. The van der Waals surface area contributed by atoms with E-state index in [-0.39, 0.29) is 5.82 Å². The second-order valence-electron chi connectivity index (χ2n) is 4.15. The van der Waals surface area contributed by atoms with Crippen LogP contribution in [0.3, 0.4) is 0 Å². The number of nitrogens with two attached hydrogens (primary N) is 1. The lowest BCUT2D eigenvalue weighted by Gasteiger charge is -2.05. The van der Waals surface area contributed by atoms with Gasteiger partial charge in [-0.05, 0) is 42.0 Å². The first-order valence-corrected chi connectivity index (χ1v) is 5.64. The number of halogens is 1. The van der Waals surface area contributed by atoms with Gasteiger partial charge in [0.05, 0.1) is 5.52 Å². The van der Waals surface area contributed by atoms with Gasteiger partial charge >= 0.3 is 0 Å². The zero-order chi connectivity index (χ0) is 12.5. The predicted octanol–water partition coefficient (Wildman–Crippen LogP) is 3.62. The van der Waals surface area contributed by atoms with Crippen LogP contribution in [0.15, 0.2) is 54.7 Å². The number of hydrogen-bond acceptors (Lipinski definition) is 2. The highest BCUT2D eigenvalue weighted by molar-refractivity contribution is 5.84. The van der Waals surface area contributed by atoms with E-state index in [1.807, 2.05) is 30.3 Å². The predicted molar refractivity (Wildman–Crippen MR) is 71.5 cm³/mol. The molecule has 0 atom stereocenters. The lowest BCUT2D eigenvalue weighted by atomic mass is 10.0. The van der Waals surface area contributed by atoms with Crippen molar-refractivity contribution in [3.8, 4) is 11.1 Å². The number of hydrogen-bond donors (Lipinski definition) is 1. The van der Waals surface area contributed by atoms with Gasteiger partial charge < -0.3 is 5.73 Å². The highest BCUT2D eigenvalue weighted by atomic mass is 19.1. The lowest BCUT2D eigenvalue weighted by Crippen LogP contribution is -1.89. The van der Waals surface area contributed by atoms with Crippen molar-refractivity contribution in [2.24, 2.45) is 0 Å². The number of benzene rings is 2. The highest BCUT2D eigenvalue weighted by Gasteiger charge is 2.06. The number of aromatic nitrogens is 1. The second kappa shape index (κ2) is 4.11. The maximum absolute atomic E-state index is 13.8. The summed E-state index contributed by atoms with van der Waals surface area (Å²) in [6.07, 6.45) is 1.74. The van der Waals surface area contributed by atoms with Crippen LogP contribution in [0.5, 0.6) is 0 Å². The van der Waals surface area contributed by atoms with Crippen molar-refractivity contribution < 1.29 is 4.39 Å². The van der Waals surface area contributed by atoms with Gasteiger partial charge in [0.2, 0.25) is 0 Å². The van der Waals surface area contributed by atoms with Crippen molar-refractivity contribution in [2.45, 2.75) is 0 Å². The maximum Gasteiger partial charge on any atom is 0.133 e. The van der Waals surface area contributed by atoms with Crippen molar-refractivity contribution in [1.29, 1.82) is 0 Å². The average Bonchev–Trinajstić information content (AvgIpc) is 2.38. The van der Waals surface area contributed by atoms with E-state index < -0.39 is 0 Å². The molecule has 0 aliphatic rings. The third-order valence-corrected chi connectivity index (χ3v) is 2.91. The van der Waals surface area contributed by atoms with Crippen molar-refractivity contribution in [3.63, 3.8) is 0 Å². The smallest absolute Gasteiger partial charge is 0.133 e. The summed E-state index contributed by atoms with van der Waals surface area (Å²) in [6, 6.07) is 14.2. The molecule has 0 unspecified atom stereocenters. The number of anilines is 1. The summed E-state index contributed by atoms with van der Waals surface area (Å²) in [5.41, 5.74) is 8.25. The Bertz CT molecular complexity index is 723. The van der Waals surface area contributed by atoms with Crippen molar-refractivity contribution >= 4 is 16.6 Å². The molecule has 1 aromatic heterocycles. The summed E-state index contributed by atoms with van der Waals surface area (Å²) < 4.78 is 13.8. The van der Waals surface area contributed by atoms with E-state index >= 15 is 0 Å². The van der Waals surface area contributed by atoms with Crippen molar-refractivity contribution in [3.05, 3.63) is 60.5 Å². The van der Waals surface area contributed by atoms with Gasteiger partial charge in [0.15, 0.2) is 0 Å². The van der Waals surface area contributed by atoms with Gasteiger partial charge in [0.1, 0.15) is 5.82 Å². The third-order valence-electron chi connectivity index (χ3n) is 2.91. The van der Waals surface area contributed by atoms with Gasteiger partial charge in [-0.2, -0.15) is 0 Å². The molecule has 0 saturated heterocycles. The minimum absolute atomic E-state index is 0.307. The molecule has 1 heterocycles. The minimum atomic E-state index is -0.307. The summed E-state index contributed by atoms with van der Waals surface area (Å²) >= 11 is 0. The van der Waals surface area contributed by atoms with Crippen LogP contribution in [0.4, 0.5) is 10.1 Å². The molecule has 2 N–H and O–H groups in total. The fourth-order valence-electron chi connectivity index (χ4n) is 2.01. The molecule has 0 saturated carbocycles. The Morgan fingerprint density at radius 1 is 1.00 bits per heavy atom. The summed E-state index contributed by atoms with van der Waals surface area (Å²) in [6.45, 7) is 0. The van der Waals surface area contributed by atoms with Crippen molar-refractivity contribution in [2.75, 3.05) is 5.73 Å². The molecule has 0 bridgehead atoms. The molecule has 2 nitrogen and oxygen atoms in total. The first kappa shape index (κ1) is 10.7. The molecule has 0 spiro atoms. The Labute approximate surface area is 104 Å². The highest BCUT2D eigenvalue weighted by Crippen LogP contribution is 2.26. The molecule has 0 radical (unpaired) electrons. The van der Waals surface area contributed by atoms with E-state index in [1.165, 1.54) is 6.07 Å². The van der Waals surface area contributed by atoms with Crippen LogP contribution < -0.4 is 5.73 Å². The summed E-state index contributed by atoms with van der Waals surface area (Å²) in [5.74, 6) is -0.307. The van der Waals surface area contributed by atoms with Gasteiger partial charge in [0, 0.05) is 22.8 Å². The van der Waals surface area contributed by atoms with Crippen LogP contribution in [0.25, 0.3) is 22.0 Å². The zero-order valence-electron chi connectivity index (χ0n) is 9.60. The van der Waals surface area contributed by atoms with E-state index in [4.69, 9.17) is 5.73 Å². The Kier molecular flexibility index (Phi) is 2.45. The molecule has 88 valence electrons. The molecule has 3 aromatic rings. The van der Waals surface area contributed by atoms with Gasteiger partial charge in [-0.3, -0.25) is 4.98 Å². The molecule has 18 heavy (non-hydrogen) atoms. The maximum atomic E-state index is 13.8. The molecule has 2 aromatic carbocycles. The lowest BCUT2D eigenvalue weighted by molar-refractivity contribution is 0.632. The Hall–Kier alpha value is -2.42. The molecule has 0 amide bonds. The third kappa shape index (κ3) is 1.80. The topological polar surface area (TPSA) is 38.9 Å². The molecular weight excluding hydrogens is 227 g/mol.